The number of hydrogen-bond acceptors (Lipinski definition) is 3. The van der Waals surface area contributed by atoms with Crippen LogP contribution in [-0.2, 0) is 0 Å². The molecule has 0 saturated carbocycles. The molecule has 1 aromatic carbocycles. The molecule has 1 heterocycles. The first-order chi connectivity index (χ1) is 8.19. The van der Waals surface area contributed by atoms with E-state index in [1.807, 2.05) is 0 Å². The van der Waals surface area contributed by atoms with Crippen LogP contribution in [0.25, 0.3) is 0 Å². The smallest absolute Gasteiger partial charge is 0.290 e. The zero-order valence-corrected chi connectivity index (χ0v) is 9.41. The fourth-order valence-corrected chi connectivity index (χ4v) is 1.34. The summed E-state index contributed by atoms with van der Waals surface area (Å²) in [5.74, 6) is -0.105. The molecule has 5 heteroatoms. The third-order valence-electron chi connectivity index (χ3n) is 2.01. The number of benzene rings is 1. The van der Waals surface area contributed by atoms with Crippen molar-refractivity contribution in [1.82, 2.24) is 0 Å². The summed E-state index contributed by atoms with van der Waals surface area (Å²) >= 11 is 5.38. The molecule has 0 N–H and O–H groups in total. The topological polar surface area (TPSA) is 39.4 Å². The summed E-state index contributed by atoms with van der Waals surface area (Å²) in [5, 5.41) is 0. The van der Waals surface area contributed by atoms with Crippen molar-refractivity contribution in [3.63, 3.8) is 0 Å². The third-order valence-corrected chi connectivity index (χ3v) is 2.25. The van der Waals surface area contributed by atoms with E-state index in [2.05, 4.69) is 0 Å². The third kappa shape index (κ3) is 2.85. The van der Waals surface area contributed by atoms with E-state index < -0.39 is 0 Å². The lowest BCUT2D eigenvalue weighted by Crippen LogP contribution is -1.96. The van der Waals surface area contributed by atoms with Crippen molar-refractivity contribution in [1.29, 1.82) is 0 Å². The van der Waals surface area contributed by atoms with Crippen LogP contribution in [0.3, 0.4) is 0 Å². The van der Waals surface area contributed by atoms with Crippen LogP contribution in [0.2, 0.25) is 0 Å². The van der Waals surface area contributed by atoms with Gasteiger partial charge in [-0.25, -0.2) is 4.39 Å². The second-order valence-electron chi connectivity index (χ2n) is 3.23. The summed E-state index contributed by atoms with van der Waals surface area (Å²) in [6.45, 7) is 0. The van der Waals surface area contributed by atoms with Crippen LogP contribution in [0.5, 0.6) is 11.7 Å². The van der Waals surface area contributed by atoms with Crippen LogP contribution in [0.15, 0.2) is 40.8 Å². The highest BCUT2D eigenvalue weighted by molar-refractivity contribution is 6.30. The maximum Gasteiger partial charge on any atom is 0.290 e. The Labute approximate surface area is 102 Å². The van der Waals surface area contributed by atoms with Gasteiger partial charge in [-0.3, -0.25) is 4.79 Å². The van der Waals surface area contributed by atoms with Crippen molar-refractivity contribution >= 4 is 17.4 Å². The number of Topliss-reactive ketones (excluding diaryl/α,β-unsaturated/α-hetero) is 1. The first kappa shape index (κ1) is 11.7. The molecule has 2 rings (SSSR count). The number of carbonyl (C=O) groups excluding carboxylic acids is 1. The molecule has 0 radical (unpaired) electrons. The molecule has 0 saturated heterocycles. The van der Waals surface area contributed by atoms with E-state index >= 15 is 0 Å². The summed E-state index contributed by atoms with van der Waals surface area (Å²) in [6, 6.07) is 8.43. The molecule has 0 atom stereocenters. The Morgan fingerprint density at radius 1 is 1.24 bits per heavy atom. The maximum absolute atomic E-state index is 12.6. The van der Waals surface area contributed by atoms with Crippen LogP contribution in [0.4, 0.5) is 4.39 Å². The number of ketones is 1. The average Bonchev–Trinajstić information content (AvgIpc) is 2.80. The predicted octanol–water partition coefficient (Wildman–Crippen LogP) is 3.63. The number of alkyl halides is 1. The molecule has 17 heavy (non-hydrogen) atoms. The summed E-state index contributed by atoms with van der Waals surface area (Å²) in [5.41, 5.74) is 0. The Hall–Kier alpha value is -1.81. The van der Waals surface area contributed by atoms with Gasteiger partial charge in [-0.15, -0.1) is 11.6 Å². The molecule has 0 spiro atoms. The molecular weight excluding hydrogens is 247 g/mol. The Bertz CT molecular complexity index is 519. The molecule has 0 aliphatic rings. The van der Waals surface area contributed by atoms with Crippen LogP contribution < -0.4 is 4.74 Å². The van der Waals surface area contributed by atoms with E-state index in [0.717, 1.165) is 0 Å². The van der Waals surface area contributed by atoms with Gasteiger partial charge >= 0.3 is 0 Å². The van der Waals surface area contributed by atoms with Gasteiger partial charge in [0.2, 0.25) is 5.78 Å². The molecule has 0 aliphatic heterocycles. The van der Waals surface area contributed by atoms with E-state index in [9.17, 15) is 9.18 Å². The Morgan fingerprint density at radius 3 is 2.59 bits per heavy atom. The second kappa shape index (κ2) is 5.01. The molecule has 0 bridgehead atoms. The SMILES string of the molecule is O=C(CCl)c1ccc(Oc2ccc(F)cc2)o1. The summed E-state index contributed by atoms with van der Waals surface area (Å²) in [6.07, 6.45) is 0. The normalized spacial score (nSPS) is 10.2. The highest BCUT2D eigenvalue weighted by atomic mass is 35.5. The maximum atomic E-state index is 12.6. The van der Waals surface area contributed by atoms with Crippen molar-refractivity contribution < 1.29 is 18.3 Å². The van der Waals surface area contributed by atoms with Gasteiger partial charge in [-0.05, 0) is 30.3 Å². The van der Waals surface area contributed by atoms with E-state index in [1.54, 1.807) is 0 Å². The van der Waals surface area contributed by atoms with Gasteiger partial charge in [-0.1, -0.05) is 0 Å². The van der Waals surface area contributed by atoms with Gasteiger partial charge in [0.1, 0.15) is 11.6 Å². The van der Waals surface area contributed by atoms with Gasteiger partial charge in [0.05, 0.1) is 5.88 Å². The standard InChI is InChI=1S/C12H8ClFO3/c13-7-10(15)11-5-6-12(17-11)16-9-3-1-8(14)2-4-9/h1-6H,7H2. The molecule has 1 aromatic heterocycles. The fraction of sp³-hybridized carbons (Fsp3) is 0.0833. The van der Waals surface area contributed by atoms with Crippen molar-refractivity contribution in [2.75, 3.05) is 5.88 Å². The first-order valence-corrected chi connectivity index (χ1v) is 5.35. The minimum Gasteiger partial charge on any atom is -0.426 e. The number of rotatable bonds is 4. The van der Waals surface area contributed by atoms with E-state index in [0.29, 0.717) is 5.75 Å². The minimum absolute atomic E-state index is 0.136. The van der Waals surface area contributed by atoms with Crippen LogP contribution >= 0.6 is 11.6 Å². The fourth-order valence-electron chi connectivity index (χ4n) is 1.21. The van der Waals surface area contributed by atoms with Crippen LogP contribution in [-0.4, -0.2) is 11.7 Å². The van der Waals surface area contributed by atoms with Crippen molar-refractivity contribution in [2.45, 2.75) is 0 Å². The number of carbonyl (C=O) groups is 1. The lowest BCUT2D eigenvalue weighted by Gasteiger charge is -2.00. The minimum atomic E-state index is -0.352. The molecular formula is C12H8ClFO3. The molecule has 0 amide bonds. The zero-order valence-electron chi connectivity index (χ0n) is 8.65. The van der Waals surface area contributed by atoms with Crippen molar-refractivity contribution in [3.8, 4) is 11.7 Å². The molecule has 2 aromatic rings. The monoisotopic (exact) mass is 254 g/mol. The Balaban J connectivity index is 2.11. The van der Waals surface area contributed by atoms with E-state index in [1.165, 1.54) is 36.4 Å². The first-order valence-electron chi connectivity index (χ1n) is 4.81. The second-order valence-corrected chi connectivity index (χ2v) is 3.50. The number of halogens is 2. The van der Waals surface area contributed by atoms with Crippen LogP contribution in [0, 0.1) is 5.82 Å². The van der Waals surface area contributed by atoms with Gasteiger partial charge < -0.3 is 9.15 Å². The largest absolute Gasteiger partial charge is 0.426 e. The van der Waals surface area contributed by atoms with Crippen LogP contribution in [0.1, 0.15) is 10.6 Å². The summed E-state index contributed by atoms with van der Waals surface area (Å²) in [7, 11) is 0. The Kier molecular flexibility index (Phi) is 3.44. The molecule has 0 unspecified atom stereocenters. The average molecular weight is 255 g/mol. The van der Waals surface area contributed by atoms with E-state index in [-0.39, 0.29) is 29.2 Å². The zero-order chi connectivity index (χ0) is 12.3. The van der Waals surface area contributed by atoms with Gasteiger partial charge in [-0.2, -0.15) is 0 Å². The quantitative estimate of drug-likeness (QED) is 0.618. The highest BCUT2D eigenvalue weighted by Crippen LogP contribution is 2.24. The number of hydrogen-bond donors (Lipinski definition) is 0. The highest BCUT2D eigenvalue weighted by Gasteiger charge is 2.10. The summed E-state index contributed by atoms with van der Waals surface area (Å²) in [4.78, 5) is 11.2. The summed E-state index contributed by atoms with van der Waals surface area (Å²) < 4.78 is 23.0. The van der Waals surface area contributed by atoms with Gasteiger partial charge in [0.25, 0.3) is 5.95 Å². The lowest BCUT2D eigenvalue weighted by atomic mass is 10.3. The molecule has 88 valence electrons. The molecule has 0 aliphatic carbocycles. The molecule has 3 nitrogen and oxygen atoms in total. The van der Waals surface area contributed by atoms with Gasteiger partial charge in [0, 0.05) is 6.07 Å². The van der Waals surface area contributed by atoms with E-state index in [4.69, 9.17) is 20.8 Å². The number of furan rings is 1. The number of ether oxygens (including phenoxy) is 1. The molecule has 0 fully saturated rings. The van der Waals surface area contributed by atoms with Crippen molar-refractivity contribution in [2.24, 2.45) is 0 Å². The van der Waals surface area contributed by atoms with Gasteiger partial charge in [0.15, 0.2) is 5.76 Å². The Morgan fingerprint density at radius 2 is 1.94 bits per heavy atom. The van der Waals surface area contributed by atoms with Crippen molar-refractivity contribution in [3.05, 3.63) is 48.0 Å². The lowest BCUT2D eigenvalue weighted by molar-refractivity contribution is 0.0986. The predicted molar refractivity (Wildman–Crippen MR) is 60.2 cm³/mol.